The number of nitrogens with two attached hydrogens (primary N) is 1. The second kappa shape index (κ2) is 5.26. The first-order valence-corrected chi connectivity index (χ1v) is 5.77. The third-order valence-corrected chi connectivity index (χ3v) is 3.13. The molecule has 98 valence electrons. The van der Waals surface area contributed by atoms with Gasteiger partial charge in [0.2, 0.25) is 5.95 Å². The number of aliphatic hydroxyl groups is 1. The number of anilines is 1. The van der Waals surface area contributed by atoms with Crippen molar-refractivity contribution >= 4 is 11.7 Å². The molecule has 2 rings (SSSR count). The molecule has 0 atom stereocenters. The van der Waals surface area contributed by atoms with Crippen molar-refractivity contribution in [3.63, 3.8) is 0 Å². The number of aromatic nitrogens is 2. The molecular weight excluding hydrogens is 239 g/mol. The van der Waals surface area contributed by atoms with E-state index in [1.807, 2.05) is 0 Å². The van der Waals surface area contributed by atoms with Crippen molar-refractivity contribution in [1.29, 1.82) is 0 Å². The minimum absolute atomic E-state index is 0.187. The summed E-state index contributed by atoms with van der Waals surface area (Å²) in [7, 11) is 0. The molecule has 1 fully saturated rings. The number of amides is 1. The first kappa shape index (κ1) is 12.7. The van der Waals surface area contributed by atoms with Crippen LogP contribution in [0.5, 0.6) is 0 Å². The van der Waals surface area contributed by atoms with Gasteiger partial charge in [-0.05, 0) is 24.7 Å². The van der Waals surface area contributed by atoms with E-state index in [1.54, 1.807) is 0 Å². The zero-order valence-corrected chi connectivity index (χ0v) is 9.77. The number of primary amides is 1. The number of hydrogen-bond acceptors (Lipinski definition) is 5. The highest BCUT2D eigenvalue weighted by Gasteiger charge is 2.28. The number of nitrogens with zero attached hydrogens (tertiary/aromatic N) is 2. The lowest BCUT2D eigenvalue weighted by molar-refractivity contribution is 0.0994. The van der Waals surface area contributed by atoms with Crippen molar-refractivity contribution in [3.8, 4) is 0 Å². The Morgan fingerprint density at radius 1 is 1.56 bits per heavy atom. The van der Waals surface area contributed by atoms with Gasteiger partial charge < -0.3 is 16.2 Å². The van der Waals surface area contributed by atoms with Gasteiger partial charge in [-0.1, -0.05) is 0 Å². The Hall–Kier alpha value is -1.76. The van der Waals surface area contributed by atoms with E-state index in [0.717, 1.165) is 19.0 Å². The Labute approximate surface area is 103 Å². The van der Waals surface area contributed by atoms with Crippen LogP contribution in [0.15, 0.2) is 6.20 Å². The highest BCUT2D eigenvalue weighted by atomic mass is 19.1. The predicted molar refractivity (Wildman–Crippen MR) is 62.3 cm³/mol. The van der Waals surface area contributed by atoms with E-state index in [9.17, 15) is 9.18 Å². The van der Waals surface area contributed by atoms with Crippen molar-refractivity contribution in [3.05, 3.63) is 17.8 Å². The normalized spacial score (nSPS) is 22.3. The minimum atomic E-state index is -0.835. The Bertz CT molecular complexity index is 449. The molecule has 4 N–H and O–H groups in total. The van der Waals surface area contributed by atoms with E-state index < -0.39 is 11.9 Å². The maximum absolute atomic E-state index is 12.8. The lowest BCUT2D eigenvalue weighted by Gasteiger charge is -2.34. The van der Waals surface area contributed by atoms with Gasteiger partial charge in [-0.3, -0.25) is 4.79 Å². The van der Waals surface area contributed by atoms with E-state index in [2.05, 4.69) is 15.3 Å². The van der Waals surface area contributed by atoms with E-state index >= 15 is 0 Å². The van der Waals surface area contributed by atoms with Crippen molar-refractivity contribution < 1.29 is 14.3 Å². The van der Waals surface area contributed by atoms with Crippen molar-refractivity contribution in [2.75, 3.05) is 18.5 Å². The van der Waals surface area contributed by atoms with Crippen molar-refractivity contribution in [2.45, 2.75) is 12.8 Å². The summed E-state index contributed by atoms with van der Waals surface area (Å²) < 4.78 is 12.8. The summed E-state index contributed by atoms with van der Waals surface area (Å²) in [5.74, 6) is -0.650. The SMILES string of the molecule is NC(=O)c1nc(F)cnc1NCC1CC(CO)C1. The van der Waals surface area contributed by atoms with Crippen LogP contribution >= 0.6 is 0 Å². The first-order chi connectivity index (χ1) is 8.60. The molecule has 1 saturated carbocycles. The van der Waals surface area contributed by atoms with Gasteiger partial charge in [-0.2, -0.15) is 4.39 Å². The van der Waals surface area contributed by atoms with Gasteiger partial charge >= 0.3 is 0 Å². The monoisotopic (exact) mass is 254 g/mol. The van der Waals surface area contributed by atoms with Crippen molar-refractivity contribution in [2.24, 2.45) is 17.6 Å². The molecule has 0 spiro atoms. The molecule has 0 aliphatic heterocycles. The van der Waals surface area contributed by atoms with Crippen LogP contribution in [0, 0.1) is 17.8 Å². The van der Waals surface area contributed by atoms with Crippen molar-refractivity contribution in [1.82, 2.24) is 9.97 Å². The number of rotatable bonds is 5. The van der Waals surface area contributed by atoms with E-state index in [1.165, 1.54) is 0 Å². The highest BCUT2D eigenvalue weighted by Crippen LogP contribution is 2.33. The fraction of sp³-hybridized carbons (Fsp3) is 0.545. The Morgan fingerprint density at radius 2 is 2.28 bits per heavy atom. The van der Waals surface area contributed by atoms with Crippen LogP contribution in [0.1, 0.15) is 23.3 Å². The molecule has 0 aromatic carbocycles. The zero-order chi connectivity index (χ0) is 13.1. The summed E-state index contributed by atoms with van der Waals surface area (Å²) in [6.45, 7) is 0.816. The maximum atomic E-state index is 12.8. The average molecular weight is 254 g/mol. The number of carbonyl (C=O) groups is 1. The summed E-state index contributed by atoms with van der Waals surface area (Å²) in [5, 5.41) is 11.8. The molecule has 1 amide bonds. The van der Waals surface area contributed by atoms with Gasteiger partial charge in [-0.15, -0.1) is 0 Å². The lowest BCUT2D eigenvalue weighted by atomic mass is 9.75. The average Bonchev–Trinajstić information content (AvgIpc) is 2.28. The second-order valence-electron chi connectivity index (χ2n) is 4.52. The molecule has 18 heavy (non-hydrogen) atoms. The number of carbonyl (C=O) groups excluding carboxylic acids is 1. The molecule has 0 saturated heterocycles. The Balaban J connectivity index is 1.95. The molecule has 1 heterocycles. The molecule has 1 aromatic rings. The van der Waals surface area contributed by atoms with Gasteiger partial charge in [0.15, 0.2) is 11.5 Å². The summed E-state index contributed by atoms with van der Waals surface area (Å²) in [6, 6.07) is 0. The van der Waals surface area contributed by atoms with Gasteiger partial charge in [0.25, 0.3) is 5.91 Å². The first-order valence-electron chi connectivity index (χ1n) is 5.77. The molecule has 7 heteroatoms. The van der Waals surface area contributed by atoms with Gasteiger partial charge in [0, 0.05) is 13.2 Å². The number of halogens is 1. The molecule has 6 nitrogen and oxygen atoms in total. The zero-order valence-electron chi connectivity index (χ0n) is 9.77. The van der Waals surface area contributed by atoms with Crippen LogP contribution in [0.3, 0.4) is 0 Å². The number of nitrogens with one attached hydrogen (secondary N) is 1. The van der Waals surface area contributed by atoms with E-state index in [0.29, 0.717) is 18.4 Å². The number of aliphatic hydroxyl groups excluding tert-OH is 1. The summed E-state index contributed by atoms with van der Waals surface area (Å²) >= 11 is 0. The molecule has 1 aliphatic carbocycles. The minimum Gasteiger partial charge on any atom is -0.396 e. The topological polar surface area (TPSA) is 101 Å². The van der Waals surface area contributed by atoms with E-state index in [-0.39, 0.29) is 18.1 Å². The smallest absolute Gasteiger partial charge is 0.271 e. The van der Waals surface area contributed by atoms with Crippen LogP contribution in [0.25, 0.3) is 0 Å². The van der Waals surface area contributed by atoms with Crippen LogP contribution in [-0.4, -0.2) is 34.1 Å². The highest BCUT2D eigenvalue weighted by molar-refractivity contribution is 5.95. The van der Waals surface area contributed by atoms with Gasteiger partial charge in [-0.25, -0.2) is 9.97 Å². The summed E-state index contributed by atoms with van der Waals surface area (Å²) in [6.07, 6.45) is 2.81. The molecule has 0 bridgehead atoms. The third kappa shape index (κ3) is 2.73. The van der Waals surface area contributed by atoms with Gasteiger partial charge in [0.05, 0.1) is 6.20 Å². The fourth-order valence-electron chi connectivity index (χ4n) is 2.10. The quantitative estimate of drug-likeness (QED) is 0.694. The largest absolute Gasteiger partial charge is 0.396 e. The molecule has 0 radical (unpaired) electrons. The predicted octanol–water partition coefficient (Wildman–Crippen LogP) is 0.145. The lowest BCUT2D eigenvalue weighted by Crippen LogP contribution is -2.32. The van der Waals surface area contributed by atoms with Crippen LogP contribution in [0.2, 0.25) is 0 Å². The summed E-state index contributed by atoms with van der Waals surface area (Å²) in [4.78, 5) is 18.3. The van der Waals surface area contributed by atoms with Gasteiger partial charge in [0.1, 0.15) is 0 Å². The molecule has 0 unspecified atom stereocenters. The molecule has 1 aromatic heterocycles. The maximum Gasteiger partial charge on any atom is 0.271 e. The van der Waals surface area contributed by atoms with Crippen LogP contribution in [0.4, 0.5) is 10.2 Å². The molecule has 1 aliphatic rings. The second-order valence-corrected chi connectivity index (χ2v) is 4.52. The Morgan fingerprint density at radius 3 is 2.89 bits per heavy atom. The molecular formula is C11H15FN4O2. The fourth-order valence-corrected chi connectivity index (χ4v) is 2.10. The van der Waals surface area contributed by atoms with E-state index in [4.69, 9.17) is 10.8 Å². The number of hydrogen-bond donors (Lipinski definition) is 3. The Kier molecular flexibility index (Phi) is 3.71. The summed E-state index contributed by atoms with van der Waals surface area (Å²) in [5.41, 5.74) is 4.91. The van der Waals surface area contributed by atoms with Crippen LogP contribution in [-0.2, 0) is 0 Å². The third-order valence-electron chi connectivity index (χ3n) is 3.13. The van der Waals surface area contributed by atoms with Crippen LogP contribution < -0.4 is 11.1 Å². The standard InChI is InChI=1S/C11H15FN4O2/c12-8-4-15-11(9(16-8)10(13)18)14-3-6-1-7(2-6)5-17/h4,6-7,17H,1-3,5H2,(H2,13,18)(H,14,15).